The van der Waals surface area contributed by atoms with Crippen LogP contribution in [0.4, 0.5) is 0 Å². The molecule has 0 aliphatic heterocycles. The normalized spacial score (nSPS) is 19.9. The predicted molar refractivity (Wildman–Crippen MR) is 31.8 cm³/mol. The van der Waals surface area contributed by atoms with Gasteiger partial charge in [-0.05, 0) is 25.3 Å². The lowest BCUT2D eigenvalue weighted by Crippen LogP contribution is -2.01. The Kier molecular flexibility index (Phi) is 1.92. The minimum atomic E-state index is 0.955. The van der Waals surface area contributed by atoms with Crippen molar-refractivity contribution < 1.29 is 4.84 Å². The van der Waals surface area contributed by atoms with E-state index in [2.05, 4.69) is 10.9 Å². The summed E-state index contributed by atoms with van der Waals surface area (Å²) in [5.41, 5.74) is 0. The molecule has 1 aliphatic carbocycles. The van der Waals surface area contributed by atoms with Crippen molar-refractivity contribution in [1.29, 1.82) is 0 Å². The molecule has 0 amide bonds. The van der Waals surface area contributed by atoms with Gasteiger partial charge in [0.2, 0.25) is 0 Å². The van der Waals surface area contributed by atoms with Crippen molar-refractivity contribution in [3.05, 3.63) is 11.8 Å². The molecule has 8 heavy (non-hydrogen) atoms. The lowest BCUT2D eigenvalue weighted by Gasteiger charge is -2.08. The molecule has 1 aliphatic rings. The quantitative estimate of drug-likeness (QED) is 0.521. The molecular weight excluding hydrogens is 102 g/mol. The fourth-order valence-corrected chi connectivity index (χ4v) is 0.916. The molecule has 0 bridgehead atoms. The molecule has 2 N–H and O–H groups in total. The largest absolute Gasteiger partial charge is 0.416 e. The molecule has 0 heterocycles. The van der Waals surface area contributed by atoms with Crippen LogP contribution >= 0.6 is 0 Å². The maximum Gasteiger partial charge on any atom is 0.119 e. The van der Waals surface area contributed by atoms with Gasteiger partial charge in [-0.3, -0.25) is 0 Å². The van der Waals surface area contributed by atoms with E-state index in [9.17, 15) is 0 Å². The van der Waals surface area contributed by atoms with E-state index in [4.69, 9.17) is 5.90 Å². The van der Waals surface area contributed by atoms with Crippen molar-refractivity contribution in [3.8, 4) is 0 Å². The smallest absolute Gasteiger partial charge is 0.119 e. The molecular formula is C6H11NO. The minimum absolute atomic E-state index is 0.955. The summed E-state index contributed by atoms with van der Waals surface area (Å²) in [6.45, 7) is 0. The highest BCUT2D eigenvalue weighted by Gasteiger charge is 2.01. The van der Waals surface area contributed by atoms with E-state index in [-0.39, 0.29) is 0 Å². The Bertz CT molecular complexity index is 98.7. The molecule has 0 aromatic rings. The van der Waals surface area contributed by atoms with Gasteiger partial charge in [-0.1, -0.05) is 0 Å². The second kappa shape index (κ2) is 2.72. The lowest BCUT2D eigenvalue weighted by molar-refractivity contribution is 0.202. The zero-order valence-corrected chi connectivity index (χ0v) is 4.89. The number of hydrogen-bond acceptors (Lipinski definition) is 2. The van der Waals surface area contributed by atoms with Crippen molar-refractivity contribution in [2.45, 2.75) is 25.7 Å². The van der Waals surface area contributed by atoms with Crippen LogP contribution in [0.3, 0.4) is 0 Å². The molecule has 2 heteroatoms. The Morgan fingerprint density at radius 1 is 1.50 bits per heavy atom. The molecule has 0 spiro atoms. The van der Waals surface area contributed by atoms with Crippen LogP contribution in [-0.4, -0.2) is 0 Å². The average molecular weight is 113 g/mol. The molecule has 46 valence electrons. The molecule has 0 atom stereocenters. The van der Waals surface area contributed by atoms with Crippen LogP contribution in [-0.2, 0) is 4.84 Å². The summed E-state index contributed by atoms with van der Waals surface area (Å²) >= 11 is 0. The molecule has 0 saturated heterocycles. The molecule has 0 unspecified atom stereocenters. The Morgan fingerprint density at radius 2 is 2.38 bits per heavy atom. The first-order chi connectivity index (χ1) is 3.93. The molecule has 0 saturated carbocycles. The van der Waals surface area contributed by atoms with Crippen LogP contribution in [0.1, 0.15) is 25.7 Å². The van der Waals surface area contributed by atoms with Crippen molar-refractivity contribution in [2.24, 2.45) is 5.90 Å². The van der Waals surface area contributed by atoms with Crippen LogP contribution in [0, 0.1) is 0 Å². The van der Waals surface area contributed by atoms with Gasteiger partial charge >= 0.3 is 0 Å². The minimum Gasteiger partial charge on any atom is -0.416 e. The van der Waals surface area contributed by atoms with Crippen molar-refractivity contribution >= 4 is 0 Å². The van der Waals surface area contributed by atoms with Gasteiger partial charge < -0.3 is 4.84 Å². The van der Waals surface area contributed by atoms with Crippen molar-refractivity contribution in [2.75, 3.05) is 0 Å². The number of nitrogens with two attached hydrogens (primary N) is 1. The Hall–Kier alpha value is -0.500. The first kappa shape index (κ1) is 5.63. The van der Waals surface area contributed by atoms with Gasteiger partial charge in [-0.15, -0.1) is 0 Å². The van der Waals surface area contributed by atoms with E-state index < -0.39 is 0 Å². The average Bonchev–Trinajstić information content (AvgIpc) is 1.90. The van der Waals surface area contributed by atoms with E-state index >= 15 is 0 Å². The van der Waals surface area contributed by atoms with Gasteiger partial charge in [0.15, 0.2) is 0 Å². The van der Waals surface area contributed by atoms with E-state index in [0.29, 0.717) is 0 Å². The van der Waals surface area contributed by atoms with Gasteiger partial charge in [0.1, 0.15) is 5.76 Å². The van der Waals surface area contributed by atoms with Crippen LogP contribution < -0.4 is 5.90 Å². The molecule has 0 radical (unpaired) electrons. The number of rotatable bonds is 1. The first-order valence-corrected chi connectivity index (χ1v) is 2.99. The predicted octanol–water partition coefficient (Wildman–Crippen LogP) is 1.33. The zero-order chi connectivity index (χ0) is 5.82. The van der Waals surface area contributed by atoms with Crippen LogP contribution in [0.2, 0.25) is 0 Å². The van der Waals surface area contributed by atoms with Crippen molar-refractivity contribution in [1.82, 2.24) is 0 Å². The molecule has 0 fully saturated rings. The summed E-state index contributed by atoms with van der Waals surface area (Å²) < 4.78 is 0. The Balaban J connectivity index is 2.37. The number of hydrogen-bond donors (Lipinski definition) is 1. The Morgan fingerprint density at radius 3 is 2.75 bits per heavy atom. The summed E-state index contributed by atoms with van der Waals surface area (Å²) in [7, 11) is 0. The standard InChI is InChI=1S/C6H11NO/c7-8-6-4-2-1-3-5-6/h4H,1-3,5,7H2. The fourth-order valence-electron chi connectivity index (χ4n) is 0.916. The maximum absolute atomic E-state index is 4.93. The topological polar surface area (TPSA) is 35.2 Å². The first-order valence-electron chi connectivity index (χ1n) is 2.99. The summed E-state index contributed by atoms with van der Waals surface area (Å²) in [5.74, 6) is 5.89. The van der Waals surface area contributed by atoms with Crippen LogP contribution in [0.25, 0.3) is 0 Å². The van der Waals surface area contributed by atoms with Crippen LogP contribution in [0.5, 0.6) is 0 Å². The van der Waals surface area contributed by atoms with Gasteiger partial charge in [0, 0.05) is 6.42 Å². The van der Waals surface area contributed by atoms with E-state index in [1.165, 1.54) is 12.8 Å². The Labute approximate surface area is 49.3 Å². The third-order valence-electron chi connectivity index (χ3n) is 1.40. The summed E-state index contributed by atoms with van der Waals surface area (Å²) in [6.07, 6.45) is 6.72. The zero-order valence-electron chi connectivity index (χ0n) is 4.89. The third kappa shape index (κ3) is 1.23. The molecule has 0 aromatic heterocycles. The van der Waals surface area contributed by atoms with E-state index in [1.54, 1.807) is 0 Å². The summed E-state index contributed by atoms with van der Waals surface area (Å²) in [6, 6.07) is 0. The third-order valence-corrected chi connectivity index (χ3v) is 1.40. The monoisotopic (exact) mass is 113 g/mol. The highest BCUT2D eigenvalue weighted by Crippen LogP contribution is 2.15. The van der Waals surface area contributed by atoms with E-state index in [1.807, 2.05) is 0 Å². The van der Waals surface area contributed by atoms with Gasteiger partial charge in [-0.2, -0.15) is 5.90 Å². The van der Waals surface area contributed by atoms with Crippen LogP contribution in [0.15, 0.2) is 11.8 Å². The maximum atomic E-state index is 4.93. The summed E-state index contributed by atoms with van der Waals surface area (Å²) in [4.78, 5) is 4.55. The SMILES string of the molecule is NOC1=CCCCC1. The molecule has 0 aromatic carbocycles. The highest BCUT2D eigenvalue weighted by atomic mass is 16.6. The molecule has 1 rings (SSSR count). The fraction of sp³-hybridized carbons (Fsp3) is 0.667. The van der Waals surface area contributed by atoms with Gasteiger partial charge in [0.05, 0.1) is 0 Å². The van der Waals surface area contributed by atoms with Crippen molar-refractivity contribution in [3.63, 3.8) is 0 Å². The van der Waals surface area contributed by atoms with E-state index in [0.717, 1.165) is 18.6 Å². The number of allylic oxidation sites excluding steroid dienone is 2. The van der Waals surface area contributed by atoms with Gasteiger partial charge in [0.25, 0.3) is 0 Å². The summed E-state index contributed by atoms with van der Waals surface area (Å²) in [5, 5.41) is 0. The highest BCUT2D eigenvalue weighted by molar-refractivity contribution is 4.95. The second-order valence-electron chi connectivity index (χ2n) is 2.03. The molecule has 2 nitrogen and oxygen atoms in total. The second-order valence-corrected chi connectivity index (χ2v) is 2.03. The van der Waals surface area contributed by atoms with Gasteiger partial charge in [-0.25, -0.2) is 0 Å². The lowest BCUT2D eigenvalue weighted by atomic mass is 10.1.